The van der Waals surface area contributed by atoms with Crippen LogP contribution in [-0.4, -0.2) is 17.8 Å². The molecule has 5 heteroatoms. The van der Waals surface area contributed by atoms with Crippen molar-refractivity contribution in [3.05, 3.63) is 29.8 Å². The first kappa shape index (κ1) is 11.6. The van der Waals surface area contributed by atoms with Gasteiger partial charge in [-0.05, 0) is 6.07 Å². The summed E-state index contributed by atoms with van der Waals surface area (Å²) in [5, 5.41) is 0. The third kappa shape index (κ3) is 2.01. The number of fused-ring (bicyclic) bond motifs is 1. The van der Waals surface area contributed by atoms with Crippen LogP contribution in [0.1, 0.15) is 19.4 Å². The van der Waals surface area contributed by atoms with Crippen molar-refractivity contribution < 1.29 is 13.6 Å². The van der Waals surface area contributed by atoms with Gasteiger partial charge in [0.1, 0.15) is 5.75 Å². The third-order valence-electron chi connectivity index (χ3n) is 2.65. The predicted octanol–water partition coefficient (Wildman–Crippen LogP) is 3.05. The van der Waals surface area contributed by atoms with Crippen LogP contribution in [0.25, 0.3) is 0 Å². The van der Waals surface area contributed by atoms with Crippen LogP contribution in [0.5, 0.6) is 5.75 Å². The molecule has 1 atom stereocenters. The zero-order valence-electron chi connectivity index (χ0n) is 9.55. The molecule has 88 valence electrons. The van der Waals surface area contributed by atoms with Crippen molar-refractivity contribution in [3.63, 3.8) is 0 Å². The van der Waals surface area contributed by atoms with E-state index in [1.807, 2.05) is 38.1 Å². The average Bonchev–Trinajstić information content (AvgIpc) is 2.30. The van der Waals surface area contributed by atoms with Gasteiger partial charge in [-0.15, -0.1) is 0 Å². The summed E-state index contributed by atoms with van der Waals surface area (Å²) in [5.41, 5.74) is 0.945. The van der Waals surface area contributed by atoms with E-state index in [1.54, 1.807) is 4.67 Å². The van der Waals surface area contributed by atoms with Crippen molar-refractivity contribution in [1.29, 1.82) is 0 Å². The molecule has 1 unspecified atom stereocenters. The second kappa shape index (κ2) is 4.58. The SMILES string of the molecule is CCN(CC)P1(=O)OCc2ccccc2O1. The summed E-state index contributed by atoms with van der Waals surface area (Å²) in [6.45, 7) is 5.53. The van der Waals surface area contributed by atoms with E-state index in [4.69, 9.17) is 9.05 Å². The molecule has 0 amide bonds. The molecule has 0 fully saturated rings. The van der Waals surface area contributed by atoms with Crippen LogP contribution in [0.3, 0.4) is 0 Å². The van der Waals surface area contributed by atoms with E-state index in [2.05, 4.69) is 0 Å². The molecule has 1 aliphatic rings. The van der Waals surface area contributed by atoms with E-state index in [0.717, 1.165) is 5.56 Å². The molecule has 0 N–H and O–H groups in total. The molecule has 0 saturated carbocycles. The first-order valence-corrected chi connectivity index (χ1v) is 6.96. The van der Waals surface area contributed by atoms with Crippen LogP contribution >= 0.6 is 7.75 Å². The average molecular weight is 241 g/mol. The fraction of sp³-hybridized carbons (Fsp3) is 0.455. The predicted molar refractivity (Wildman–Crippen MR) is 62.4 cm³/mol. The molecule has 4 nitrogen and oxygen atoms in total. The number of nitrogens with zero attached hydrogens (tertiary/aromatic N) is 1. The van der Waals surface area contributed by atoms with Crippen molar-refractivity contribution in [3.8, 4) is 5.75 Å². The maximum atomic E-state index is 12.4. The third-order valence-corrected chi connectivity index (χ3v) is 4.79. The Labute approximate surface area is 95.8 Å². The fourth-order valence-electron chi connectivity index (χ4n) is 1.72. The summed E-state index contributed by atoms with van der Waals surface area (Å²) in [5.74, 6) is 0.670. The lowest BCUT2D eigenvalue weighted by Crippen LogP contribution is -2.26. The molecule has 0 saturated heterocycles. The van der Waals surface area contributed by atoms with E-state index in [-0.39, 0.29) is 0 Å². The van der Waals surface area contributed by atoms with Crippen LogP contribution in [0.2, 0.25) is 0 Å². The van der Waals surface area contributed by atoms with Crippen LogP contribution in [0, 0.1) is 0 Å². The van der Waals surface area contributed by atoms with Gasteiger partial charge in [-0.2, -0.15) is 4.67 Å². The van der Waals surface area contributed by atoms with Crippen molar-refractivity contribution in [2.45, 2.75) is 20.5 Å². The van der Waals surface area contributed by atoms with Crippen LogP contribution in [0.15, 0.2) is 24.3 Å². The highest BCUT2D eigenvalue weighted by molar-refractivity contribution is 7.51. The van der Waals surface area contributed by atoms with Crippen LogP contribution < -0.4 is 4.52 Å². The molecule has 0 radical (unpaired) electrons. The van der Waals surface area contributed by atoms with Crippen molar-refractivity contribution in [2.75, 3.05) is 13.1 Å². The van der Waals surface area contributed by atoms with Gasteiger partial charge in [-0.25, -0.2) is 4.57 Å². The topological polar surface area (TPSA) is 38.8 Å². The summed E-state index contributed by atoms with van der Waals surface area (Å²) >= 11 is 0. The van der Waals surface area contributed by atoms with Gasteiger partial charge < -0.3 is 4.52 Å². The minimum Gasteiger partial charge on any atom is -0.413 e. The molecule has 1 aromatic carbocycles. The molecular weight excluding hydrogens is 225 g/mol. The molecule has 1 aromatic rings. The number of para-hydroxylation sites is 1. The van der Waals surface area contributed by atoms with Gasteiger partial charge in [0, 0.05) is 18.7 Å². The Hall–Kier alpha value is -0.830. The van der Waals surface area contributed by atoms with Crippen molar-refractivity contribution in [2.24, 2.45) is 0 Å². The largest absolute Gasteiger partial charge is 0.461 e. The van der Waals surface area contributed by atoms with Crippen molar-refractivity contribution in [1.82, 2.24) is 4.67 Å². The lowest BCUT2D eigenvalue weighted by molar-refractivity contribution is 0.185. The molecule has 0 aromatic heterocycles. The van der Waals surface area contributed by atoms with Crippen LogP contribution in [-0.2, 0) is 15.7 Å². The van der Waals surface area contributed by atoms with Gasteiger partial charge in [0.15, 0.2) is 0 Å². The lowest BCUT2D eigenvalue weighted by Gasteiger charge is -2.32. The Balaban J connectivity index is 2.27. The Bertz CT molecular complexity index is 417. The van der Waals surface area contributed by atoms with Gasteiger partial charge in [-0.3, -0.25) is 4.52 Å². The van der Waals surface area contributed by atoms with E-state index in [0.29, 0.717) is 25.4 Å². The van der Waals surface area contributed by atoms with E-state index in [1.165, 1.54) is 0 Å². The summed E-state index contributed by atoms with van der Waals surface area (Å²) in [6, 6.07) is 7.53. The molecule has 2 rings (SSSR count). The van der Waals surface area contributed by atoms with E-state index >= 15 is 0 Å². The van der Waals surface area contributed by atoms with E-state index in [9.17, 15) is 4.57 Å². The minimum atomic E-state index is -3.12. The standard InChI is InChI=1S/C11H16NO3P/c1-3-12(4-2)16(13)14-9-10-7-5-6-8-11(10)15-16/h5-8H,3-4,9H2,1-2H3. The monoisotopic (exact) mass is 241 g/mol. The summed E-state index contributed by atoms with van der Waals surface area (Å²) in [6.07, 6.45) is 0. The van der Waals surface area contributed by atoms with Crippen molar-refractivity contribution >= 4 is 7.75 Å². The number of benzene rings is 1. The number of hydrogen-bond donors (Lipinski definition) is 0. The molecule has 16 heavy (non-hydrogen) atoms. The first-order chi connectivity index (χ1) is 7.69. The normalized spacial score (nSPS) is 23.9. The van der Waals surface area contributed by atoms with E-state index < -0.39 is 7.75 Å². The Morgan fingerprint density at radius 1 is 1.31 bits per heavy atom. The molecule has 0 bridgehead atoms. The zero-order chi connectivity index (χ0) is 11.6. The molecule has 0 spiro atoms. The first-order valence-electron chi connectivity index (χ1n) is 5.47. The van der Waals surface area contributed by atoms with Crippen LogP contribution in [0.4, 0.5) is 0 Å². The highest BCUT2D eigenvalue weighted by Crippen LogP contribution is 2.55. The minimum absolute atomic E-state index is 0.351. The summed E-state index contributed by atoms with van der Waals surface area (Å²) in [7, 11) is -3.12. The number of rotatable bonds is 3. The molecule has 0 aliphatic carbocycles. The fourth-order valence-corrected chi connectivity index (χ4v) is 3.48. The Morgan fingerprint density at radius 3 is 2.69 bits per heavy atom. The highest BCUT2D eigenvalue weighted by atomic mass is 31.2. The van der Waals surface area contributed by atoms with Gasteiger partial charge in [-0.1, -0.05) is 32.0 Å². The molecule has 1 heterocycles. The van der Waals surface area contributed by atoms with Gasteiger partial charge in [0.05, 0.1) is 6.61 Å². The second-order valence-corrected chi connectivity index (χ2v) is 5.52. The quantitative estimate of drug-likeness (QED) is 0.762. The maximum Gasteiger partial charge on any atom is 0.461 e. The summed E-state index contributed by atoms with van der Waals surface area (Å²) < 4.78 is 25.1. The van der Waals surface area contributed by atoms with Gasteiger partial charge in [0.25, 0.3) is 0 Å². The second-order valence-electron chi connectivity index (χ2n) is 3.58. The molecule has 1 aliphatic heterocycles. The van der Waals surface area contributed by atoms with Gasteiger partial charge in [0.2, 0.25) is 0 Å². The maximum absolute atomic E-state index is 12.4. The highest BCUT2D eigenvalue weighted by Gasteiger charge is 2.37. The summed E-state index contributed by atoms with van der Waals surface area (Å²) in [4.78, 5) is 0. The Kier molecular flexibility index (Phi) is 3.33. The zero-order valence-corrected chi connectivity index (χ0v) is 10.4. The number of hydrogen-bond acceptors (Lipinski definition) is 3. The lowest BCUT2D eigenvalue weighted by atomic mass is 10.2. The Morgan fingerprint density at radius 2 is 2.00 bits per heavy atom. The van der Waals surface area contributed by atoms with Gasteiger partial charge >= 0.3 is 7.75 Å². The smallest absolute Gasteiger partial charge is 0.413 e. The molecular formula is C11H16NO3P.